The highest BCUT2D eigenvalue weighted by molar-refractivity contribution is 7.48. The number of carbonyl (C=O) groups excluding carboxylic acids is 3. The summed E-state index contributed by atoms with van der Waals surface area (Å²) in [5.74, 6) is -2.44. The van der Waals surface area contributed by atoms with Crippen LogP contribution in [0.15, 0.2) is 0 Å². The van der Waals surface area contributed by atoms with Crippen molar-refractivity contribution in [3.05, 3.63) is 0 Å². The van der Waals surface area contributed by atoms with Crippen LogP contribution in [0, 0.1) is 0 Å². The van der Waals surface area contributed by atoms with Crippen LogP contribution in [-0.2, 0) is 46.7 Å². The van der Waals surface area contributed by atoms with Crippen molar-refractivity contribution in [2.75, 3.05) is 19.8 Å². The van der Waals surface area contributed by atoms with Crippen molar-refractivity contribution in [1.29, 1.82) is 0 Å². The van der Waals surface area contributed by atoms with Gasteiger partial charge in [0.25, 0.3) is 0 Å². The van der Waals surface area contributed by atoms with Crippen molar-refractivity contribution in [3.8, 4) is 0 Å². The smallest absolute Gasteiger partial charge is 0.394 e. The van der Waals surface area contributed by atoms with E-state index >= 15 is 0 Å². The van der Waals surface area contributed by atoms with Crippen molar-refractivity contribution < 1.29 is 92.7 Å². The van der Waals surface area contributed by atoms with Gasteiger partial charge in [0.15, 0.2) is 18.9 Å². The number of amides is 3. The van der Waals surface area contributed by atoms with Gasteiger partial charge in [-0.2, -0.15) is 0 Å². The lowest BCUT2D eigenvalue weighted by molar-refractivity contribution is -0.280. The molecule has 0 unspecified atom stereocenters. The van der Waals surface area contributed by atoms with Gasteiger partial charge in [-0.1, -0.05) is 0 Å². The fraction of sp³-hybridized carbons (Fsp3) is 0.875. The van der Waals surface area contributed by atoms with Crippen LogP contribution in [0.3, 0.4) is 0 Å². The maximum atomic E-state index is 14.6. The number of aliphatic hydroxyl groups excluding tert-OH is 9. The lowest BCUT2D eigenvalue weighted by atomic mass is 9.97. The first-order valence-electron chi connectivity index (χ1n) is 14.3. The van der Waals surface area contributed by atoms with E-state index in [4.69, 9.17) is 27.8 Å². The summed E-state index contributed by atoms with van der Waals surface area (Å²) >= 11 is 0. The molecule has 272 valence electrons. The SMILES string of the molecule is CC(=O)N[C@H]1[C@H](OP(=O)(O[C@@H]2O[C@H](CO)[C@@H](O)[C@H](O)[C@H]2NC(C)=O)O[C@@H]2O[C@H](CO)[C@@H](O)[C@H](O)[C@H]2NC(C)=O)O[C@H](CO)[C@@H](O)[C@@H]1O. The fourth-order valence-electron chi connectivity index (χ4n) is 5.14. The summed E-state index contributed by atoms with van der Waals surface area (Å²) in [6.07, 6.45) is -22.5. The third-order valence-electron chi connectivity index (χ3n) is 7.45. The summed E-state index contributed by atoms with van der Waals surface area (Å²) < 4.78 is 47.5. The highest BCUT2D eigenvalue weighted by Gasteiger charge is 2.55. The molecule has 3 aliphatic rings. The summed E-state index contributed by atoms with van der Waals surface area (Å²) in [6.45, 7) is 0.209. The third-order valence-corrected chi connectivity index (χ3v) is 8.85. The number of ether oxygens (including phenoxy) is 3. The van der Waals surface area contributed by atoms with E-state index in [0.717, 1.165) is 20.8 Å². The van der Waals surface area contributed by atoms with Crippen molar-refractivity contribution in [1.82, 2.24) is 16.0 Å². The predicted octanol–water partition coefficient (Wildman–Crippen LogP) is -7.02. The van der Waals surface area contributed by atoms with Crippen LogP contribution in [0.25, 0.3) is 0 Å². The molecule has 3 fully saturated rings. The molecule has 3 heterocycles. The summed E-state index contributed by atoms with van der Waals surface area (Å²) in [4.78, 5) is 35.9. The lowest BCUT2D eigenvalue weighted by Gasteiger charge is -2.46. The van der Waals surface area contributed by atoms with Crippen molar-refractivity contribution in [2.45, 2.75) is 113 Å². The minimum Gasteiger partial charge on any atom is -0.394 e. The first kappa shape index (κ1) is 39.5. The van der Waals surface area contributed by atoms with Crippen molar-refractivity contribution in [3.63, 3.8) is 0 Å². The molecule has 0 aromatic rings. The molecule has 0 bridgehead atoms. The molecule has 0 aromatic carbocycles. The quantitative estimate of drug-likeness (QED) is 0.0838. The Morgan fingerprint density at radius 3 is 0.957 bits per heavy atom. The third kappa shape index (κ3) is 9.39. The van der Waals surface area contributed by atoms with Gasteiger partial charge in [-0.25, -0.2) is 4.57 Å². The zero-order valence-corrected chi connectivity index (χ0v) is 26.2. The molecule has 23 heteroatoms. The second-order valence-electron chi connectivity index (χ2n) is 11.1. The van der Waals surface area contributed by atoms with Crippen LogP contribution in [0.5, 0.6) is 0 Å². The summed E-state index contributed by atoms with van der Waals surface area (Å²) in [5.41, 5.74) is 0. The van der Waals surface area contributed by atoms with Gasteiger partial charge >= 0.3 is 7.82 Å². The molecular formula is C24H42N3O19P. The molecule has 0 radical (unpaired) electrons. The fourth-order valence-corrected chi connectivity index (χ4v) is 6.59. The summed E-state index contributed by atoms with van der Waals surface area (Å²) in [7, 11) is -5.57. The van der Waals surface area contributed by atoms with Gasteiger partial charge in [-0.15, -0.1) is 0 Å². The second-order valence-corrected chi connectivity index (χ2v) is 12.6. The number of rotatable bonds is 12. The zero-order valence-electron chi connectivity index (χ0n) is 25.3. The summed E-state index contributed by atoms with van der Waals surface area (Å²) in [6, 6.07) is -5.26. The molecule has 0 saturated carbocycles. The predicted molar refractivity (Wildman–Crippen MR) is 147 cm³/mol. The van der Waals surface area contributed by atoms with E-state index in [0.29, 0.717) is 0 Å². The highest BCUT2D eigenvalue weighted by atomic mass is 31.2. The molecule has 47 heavy (non-hydrogen) atoms. The van der Waals surface area contributed by atoms with E-state index in [9.17, 15) is 64.9 Å². The number of aliphatic hydroxyl groups is 9. The Morgan fingerprint density at radius 2 is 0.766 bits per heavy atom. The zero-order chi connectivity index (χ0) is 35.4. The molecule has 22 nitrogen and oxygen atoms in total. The average molecular weight is 708 g/mol. The minimum absolute atomic E-state index is 0.814. The molecule has 0 aromatic heterocycles. The topological polar surface area (TPSA) is 342 Å². The first-order chi connectivity index (χ1) is 22.0. The maximum Gasteiger partial charge on any atom is 0.482 e. The second kappa shape index (κ2) is 16.6. The normalized spacial score (nSPS) is 41.1. The maximum absolute atomic E-state index is 14.6. The van der Waals surface area contributed by atoms with Crippen LogP contribution in [0.4, 0.5) is 0 Å². The van der Waals surface area contributed by atoms with Crippen LogP contribution in [-0.4, -0.2) is 175 Å². The van der Waals surface area contributed by atoms with Gasteiger partial charge < -0.3 is 76.1 Å². The Kier molecular flexibility index (Phi) is 14.0. The molecule has 3 saturated heterocycles. The monoisotopic (exact) mass is 707 g/mol. The Bertz CT molecular complexity index is 1000. The summed E-state index contributed by atoms with van der Waals surface area (Å²) in [5, 5.41) is 99.0. The first-order valence-corrected chi connectivity index (χ1v) is 15.8. The van der Waals surface area contributed by atoms with Crippen LogP contribution < -0.4 is 16.0 Å². The standard InChI is InChI=1S/C24H42N3O19P/c1-7(31)25-13-19(37)16(34)10(4-28)41-22(13)44-47(40,45-23-14(26-8(2)32)20(38)17(35)11(5-29)42-23)46-24-15(27-9(3)33)21(39)18(36)12(6-30)43-24/h10-24,28-30,34-39H,4-6H2,1-3H3,(H,25,31)(H,26,32)(H,27,33)/t10-,11-,12-,13-,14-,15-,16-,17-,18-,19-,20-,21-,22+,23+,24+/m1/s1. The molecular weight excluding hydrogens is 665 g/mol. The van der Waals surface area contributed by atoms with E-state index in [1.54, 1.807) is 0 Å². The Morgan fingerprint density at radius 1 is 0.532 bits per heavy atom. The van der Waals surface area contributed by atoms with Gasteiger partial charge in [-0.3, -0.25) is 28.0 Å². The minimum atomic E-state index is -5.57. The van der Waals surface area contributed by atoms with Crippen LogP contribution in [0.2, 0.25) is 0 Å². The van der Waals surface area contributed by atoms with E-state index in [2.05, 4.69) is 16.0 Å². The average Bonchev–Trinajstić information content (AvgIpc) is 2.99. The molecule has 3 amide bonds. The van der Waals surface area contributed by atoms with Crippen LogP contribution in [0.1, 0.15) is 20.8 Å². The molecule has 0 spiro atoms. The van der Waals surface area contributed by atoms with E-state index in [-0.39, 0.29) is 0 Å². The Balaban J connectivity index is 2.10. The number of nitrogens with one attached hydrogen (secondary N) is 3. The largest absolute Gasteiger partial charge is 0.482 e. The molecule has 3 aliphatic heterocycles. The number of phosphoric acid groups is 1. The molecule has 12 N–H and O–H groups in total. The van der Waals surface area contributed by atoms with Gasteiger partial charge in [-0.05, 0) is 0 Å². The van der Waals surface area contributed by atoms with E-state index < -0.39 is 137 Å². The van der Waals surface area contributed by atoms with Gasteiger partial charge in [0.2, 0.25) is 17.7 Å². The van der Waals surface area contributed by atoms with Crippen molar-refractivity contribution in [2.24, 2.45) is 0 Å². The van der Waals surface area contributed by atoms with E-state index in [1.165, 1.54) is 0 Å². The molecule has 0 aliphatic carbocycles. The Labute approximate surface area is 267 Å². The van der Waals surface area contributed by atoms with E-state index in [1.807, 2.05) is 0 Å². The highest BCUT2D eigenvalue weighted by Crippen LogP contribution is 2.56. The number of carbonyl (C=O) groups is 3. The number of hydrogen-bond acceptors (Lipinski definition) is 19. The van der Waals surface area contributed by atoms with Gasteiger partial charge in [0, 0.05) is 20.8 Å². The lowest BCUT2D eigenvalue weighted by Crippen LogP contribution is -2.66. The molecule has 3 rings (SSSR count). The van der Waals surface area contributed by atoms with Crippen LogP contribution >= 0.6 is 7.82 Å². The molecule has 15 atom stereocenters. The number of hydrogen-bond donors (Lipinski definition) is 12. The number of phosphoric ester groups is 1. The Hall–Kier alpha value is -1.96. The van der Waals surface area contributed by atoms with Crippen molar-refractivity contribution >= 4 is 25.5 Å². The van der Waals surface area contributed by atoms with Gasteiger partial charge in [0.05, 0.1) is 19.8 Å². The van der Waals surface area contributed by atoms with Gasteiger partial charge in [0.1, 0.15) is 73.1 Å².